The molecule has 1 saturated carbocycles. The molecular weight excluding hydrogens is 254 g/mol. The predicted molar refractivity (Wildman–Crippen MR) is 75.6 cm³/mol. The fourth-order valence-corrected chi connectivity index (χ4v) is 3.23. The predicted octanol–water partition coefficient (Wildman–Crippen LogP) is 3.74. The van der Waals surface area contributed by atoms with Gasteiger partial charge in [0.05, 0.1) is 5.92 Å². The molecule has 20 heavy (non-hydrogen) atoms. The van der Waals surface area contributed by atoms with E-state index in [4.69, 9.17) is 4.42 Å². The molecule has 1 aliphatic carbocycles. The van der Waals surface area contributed by atoms with Gasteiger partial charge in [-0.25, -0.2) is 4.98 Å². The second kappa shape index (κ2) is 4.93. The molecule has 0 aliphatic heterocycles. The third-order valence-electron chi connectivity index (χ3n) is 4.43. The third kappa shape index (κ3) is 2.19. The molecule has 0 bridgehead atoms. The van der Waals surface area contributed by atoms with Crippen molar-refractivity contribution in [3.8, 4) is 0 Å². The lowest BCUT2D eigenvalue weighted by Gasteiger charge is -2.10. The van der Waals surface area contributed by atoms with Gasteiger partial charge in [0.2, 0.25) is 0 Å². The lowest BCUT2D eigenvalue weighted by Crippen LogP contribution is -2.17. The maximum atomic E-state index is 11.4. The summed E-state index contributed by atoms with van der Waals surface area (Å²) in [5, 5.41) is 9.41. The first-order valence-corrected chi connectivity index (χ1v) is 7.18. The Morgan fingerprint density at radius 3 is 2.95 bits per heavy atom. The standard InChI is InChI=1S/C16H19NO3/c1-3-10-7-11(12(8-10)16(18)19)15-17-13-5-4-9(2)6-14(13)20-15/h4-6,10-12H,3,7-8H2,1-2H3,(H,18,19). The highest BCUT2D eigenvalue weighted by Gasteiger charge is 2.41. The molecule has 1 fully saturated rings. The van der Waals surface area contributed by atoms with E-state index in [1.807, 2.05) is 25.1 Å². The van der Waals surface area contributed by atoms with Crippen LogP contribution < -0.4 is 0 Å². The number of aliphatic carboxylic acids is 1. The monoisotopic (exact) mass is 273 g/mol. The maximum Gasteiger partial charge on any atom is 0.307 e. The number of aryl methyl sites for hydroxylation is 1. The summed E-state index contributed by atoms with van der Waals surface area (Å²) in [6.07, 6.45) is 2.60. The highest BCUT2D eigenvalue weighted by Crippen LogP contribution is 2.44. The Labute approximate surface area is 117 Å². The zero-order valence-corrected chi connectivity index (χ0v) is 11.8. The average molecular weight is 273 g/mol. The molecule has 3 atom stereocenters. The summed E-state index contributed by atoms with van der Waals surface area (Å²) in [4.78, 5) is 16.0. The van der Waals surface area contributed by atoms with Gasteiger partial charge in [-0.15, -0.1) is 0 Å². The van der Waals surface area contributed by atoms with Crippen molar-refractivity contribution in [2.45, 2.75) is 39.0 Å². The van der Waals surface area contributed by atoms with Crippen LogP contribution >= 0.6 is 0 Å². The SMILES string of the molecule is CCC1CC(C(=O)O)C(c2nc3ccc(C)cc3o2)C1. The molecule has 0 saturated heterocycles. The lowest BCUT2D eigenvalue weighted by atomic mass is 9.96. The molecule has 0 spiro atoms. The van der Waals surface area contributed by atoms with Crippen LogP contribution in [-0.2, 0) is 4.79 Å². The third-order valence-corrected chi connectivity index (χ3v) is 4.43. The molecule has 1 aliphatic rings. The van der Waals surface area contributed by atoms with Gasteiger partial charge in [-0.1, -0.05) is 19.4 Å². The number of fused-ring (bicyclic) bond motifs is 1. The number of nitrogens with zero attached hydrogens (tertiary/aromatic N) is 1. The summed E-state index contributed by atoms with van der Waals surface area (Å²) in [7, 11) is 0. The molecule has 3 rings (SSSR count). The van der Waals surface area contributed by atoms with E-state index >= 15 is 0 Å². The van der Waals surface area contributed by atoms with Crippen molar-refractivity contribution >= 4 is 17.1 Å². The summed E-state index contributed by atoms with van der Waals surface area (Å²) in [5.41, 5.74) is 2.69. The normalized spacial score (nSPS) is 26.2. The second-order valence-corrected chi connectivity index (χ2v) is 5.82. The quantitative estimate of drug-likeness (QED) is 0.925. The van der Waals surface area contributed by atoms with E-state index < -0.39 is 5.97 Å². The number of hydrogen-bond donors (Lipinski definition) is 1. The molecule has 4 nitrogen and oxygen atoms in total. The minimum atomic E-state index is -0.732. The fourth-order valence-electron chi connectivity index (χ4n) is 3.23. The molecule has 1 heterocycles. The van der Waals surface area contributed by atoms with Crippen LogP contribution in [0.1, 0.15) is 43.6 Å². The van der Waals surface area contributed by atoms with Crippen molar-refractivity contribution in [2.75, 3.05) is 0 Å². The van der Waals surface area contributed by atoms with Crippen molar-refractivity contribution in [3.05, 3.63) is 29.7 Å². The number of oxazole rings is 1. The number of benzene rings is 1. The number of hydrogen-bond acceptors (Lipinski definition) is 3. The van der Waals surface area contributed by atoms with Crippen LogP contribution in [0.4, 0.5) is 0 Å². The Balaban J connectivity index is 1.98. The number of rotatable bonds is 3. The van der Waals surface area contributed by atoms with Crippen LogP contribution in [-0.4, -0.2) is 16.1 Å². The lowest BCUT2D eigenvalue weighted by molar-refractivity contribution is -0.142. The van der Waals surface area contributed by atoms with Gasteiger partial charge in [0, 0.05) is 5.92 Å². The number of carbonyl (C=O) groups is 1. The maximum absolute atomic E-state index is 11.4. The van der Waals surface area contributed by atoms with Crippen LogP contribution in [0.5, 0.6) is 0 Å². The van der Waals surface area contributed by atoms with Crippen LogP contribution in [0.25, 0.3) is 11.1 Å². The van der Waals surface area contributed by atoms with Gasteiger partial charge in [0.15, 0.2) is 11.5 Å². The summed E-state index contributed by atoms with van der Waals surface area (Å²) < 4.78 is 5.83. The van der Waals surface area contributed by atoms with Crippen LogP contribution in [0.3, 0.4) is 0 Å². The van der Waals surface area contributed by atoms with Crippen molar-refractivity contribution in [2.24, 2.45) is 11.8 Å². The van der Waals surface area contributed by atoms with Gasteiger partial charge in [0.1, 0.15) is 5.52 Å². The van der Waals surface area contributed by atoms with Crippen LogP contribution in [0.2, 0.25) is 0 Å². The smallest absolute Gasteiger partial charge is 0.307 e. The first-order valence-electron chi connectivity index (χ1n) is 7.18. The summed E-state index contributed by atoms with van der Waals surface area (Å²) in [6, 6.07) is 5.88. The van der Waals surface area contributed by atoms with E-state index in [1.54, 1.807) is 0 Å². The molecule has 1 aromatic carbocycles. The van der Waals surface area contributed by atoms with E-state index in [2.05, 4.69) is 11.9 Å². The zero-order chi connectivity index (χ0) is 14.3. The van der Waals surface area contributed by atoms with E-state index in [9.17, 15) is 9.90 Å². The van der Waals surface area contributed by atoms with Gasteiger partial charge >= 0.3 is 5.97 Å². The Morgan fingerprint density at radius 2 is 2.25 bits per heavy atom. The van der Waals surface area contributed by atoms with E-state index in [0.29, 0.717) is 11.8 Å². The van der Waals surface area contributed by atoms with E-state index in [0.717, 1.165) is 35.9 Å². The van der Waals surface area contributed by atoms with Gasteiger partial charge in [-0.05, 0) is 43.4 Å². The van der Waals surface area contributed by atoms with Crippen LogP contribution in [0.15, 0.2) is 22.6 Å². The van der Waals surface area contributed by atoms with E-state index in [-0.39, 0.29) is 11.8 Å². The second-order valence-electron chi connectivity index (χ2n) is 5.82. The molecule has 1 aromatic heterocycles. The number of carboxylic acids is 1. The highest BCUT2D eigenvalue weighted by molar-refractivity contribution is 5.74. The van der Waals surface area contributed by atoms with Crippen LogP contribution in [0, 0.1) is 18.8 Å². The summed E-state index contributed by atoms with van der Waals surface area (Å²) in [6.45, 7) is 4.12. The molecule has 0 radical (unpaired) electrons. The highest BCUT2D eigenvalue weighted by atomic mass is 16.4. The Bertz CT molecular complexity index is 646. The Morgan fingerprint density at radius 1 is 1.45 bits per heavy atom. The molecule has 3 unspecified atom stereocenters. The molecule has 0 amide bonds. The van der Waals surface area contributed by atoms with Crippen molar-refractivity contribution in [1.82, 2.24) is 4.98 Å². The Hall–Kier alpha value is -1.84. The van der Waals surface area contributed by atoms with Gasteiger partial charge < -0.3 is 9.52 Å². The molecular formula is C16H19NO3. The molecule has 1 N–H and O–H groups in total. The first-order chi connectivity index (χ1) is 9.58. The molecule has 4 heteroatoms. The molecule has 2 aromatic rings. The minimum Gasteiger partial charge on any atom is -0.481 e. The topological polar surface area (TPSA) is 63.3 Å². The van der Waals surface area contributed by atoms with E-state index in [1.165, 1.54) is 0 Å². The van der Waals surface area contributed by atoms with Crippen molar-refractivity contribution < 1.29 is 14.3 Å². The summed E-state index contributed by atoms with van der Waals surface area (Å²) in [5.74, 6) is -0.143. The fraction of sp³-hybridized carbons (Fsp3) is 0.500. The largest absolute Gasteiger partial charge is 0.481 e. The number of aromatic nitrogens is 1. The average Bonchev–Trinajstić information content (AvgIpc) is 3.00. The Kier molecular flexibility index (Phi) is 3.24. The number of carboxylic acid groups (broad SMARTS) is 1. The molecule has 106 valence electrons. The van der Waals surface area contributed by atoms with Crippen molar-refractivity contribution in [1.29, 1.82) is 0 Å². The first kappa shape index (κ1) is 13.2. The van der Waals surface area contributed by atoms with Gasteiger partial charge in [-0.2, -0.15) is 0 Å². The zero-order valence-electron chi connectivity index (χ0n) is 11.8. The minimum absolute atomic E-state index is 0.0924. The van der Waals surface area contributed by atoms with Gasteiger partial charge in [0.25, 0.3) is 0 Å². The van der Waals surface area contributed by atoms with Gasteiger partial charge in [-0.3, -0.25) is 4.79 Å². The van der Waals surface area contributed by atoms with Crippen molar-refractivity contribution in [3.63, 3.8) is 0 Å². The summed E-state index contributed by atoms with van der Waals surface area (Å²) >= 11 is 0.